The highest BCUT2D eigenvalue weighted by Crippen LogP contribution is 2.28. The zero-order valence-corrected chi connectivity index (χ0v) is 13.8. The van der Waals surface area contributed by atoms with Crippen LogP contribution in [0.15, 0.2) is 23.1 Å². The highest BCUT2D eigenvalue weighted by atomic mass is 32.2. The molecule has 0 unspecified atom stereocenters. The third-order valence-electron chi connectivity index (χ3n) is 4.02. The van der Waals surface area contributed by atoms with Crippen LogP contribution in [0, 0.1) is 12.8 Å². The van der Waals surface area contributed by atoms with Crippen LogP contribution in [-0.4, -0.2) is 53.7 Å². The molecule has 8 heteroatoms. The van der Waals surface area contributed by atoms with Gasteiger partial charge >= 0.3 is 0 Å². The van der Waals surface area contributed by atoms with Crippen molar-refractivity contribution in [2.75, 3.05) is 19.7 Å². The van der Waals surface area contributed by atoms with Gasteiger partial charge in [0.2, 0.25) is 10.0 Å². The molecule has 2 atom stereocenters. The van der Waals surface area contributed by atoms with E-state index in [1.807, 2.05) is 6.92 Å². The second-order valence-corrected chi connectivity index (χ2v) is 8.70. The monoisotopic (exact) mass is 342 g/mol. The summed E-state index contributed by atoms with van der Waals surface area (Å²) in [7, 11) is -3.64. The number of thiazole rings is 1. The Hall–Kier alpha value is -1.06. The van der Waals surface area contributed by atoms with Crippen molar-refractivity contribution in [2.45, 2.75) is 24.3 Å². The number of aliphatic hydroxyl groups is 2. The van der Waals surface area contributed by atoms with Crippen LogP contribution in [-0.2, 0) is 10.0 Å². The number of β-amino-alcohol motifs (C(OH)–C–C–N with tert-alkyl or cyclic N) is 1. The standard InChI is InChI=1S/C14H18N2O4S2/c1-9-15-12-3-2-11(6-14(12)21-9)22(19,20)16-5-4-10(8-17)13(18)7-16/h2-3,6,10,13,17-18H,4-5,7-8H2,1H3/t10-,13+/m1/s1. The zero-order valence-electron chi connectivity index (χ0n) is 12.1. The molecule has 22 heavy (non-hydrogen) atoms. The second-order valence-electron chi connectivity index (χ2n) is 5.52. The predicted molar refractivity (Wildman–Crippen MR) is 84.3 cm³/mol. The summed E-state index contributed by atoms with van der Waals surface area (Å²) in [5.74, 6) is -0.252. The molecule has 0 spiro atoms. The topological polar surface area (TPSA) is 90.7 Å². The minimum atomic E-state index is -3.64. The Morgan fingerprint density at radius 2 is 2.23 bits per heavy atom. The number of aromatic nitrogens is 1. The molecule has 6 nitrogen and oxygen atoms in total. The predicted octanol–water partition coefficient (Wildman–Crippen LogP) is 0.969. The first-order chi connectivity index (χ1) is 10.4. The smallest absolute Gasteiger partial charge is 0.243 e. The molecular formula is C14H18N2O4S2. The summed E-state index contributed by atoms with van der Waals surface area (Å²) in [6.45, 7) is 2.09. The van der Waals surface area contributed by atoms with Crippen LogP contribution >= 0.6 is 11.3 Å². The molecule has 1 aliphatic heterocycles. The van der Waals surface area contributed by atoms with Gasteiger partial charge in [-0.15, -0.1) is 11.3 Å². The van der Waals surface area contributed by atoms with Crippen molar-refractivity contribution < 1.29 is 18.6 Å². The van der Waals surface area contributed by atoms with Gasteiger partial charge in [-0.1, -0.05) is 0 Å². The molecule has 2 heterocycles. The number of aliphatic hydroxyl groups excluding tert-OH is 2. The van der Waals surface area contributed by atoms with Gasteiger partial charge in [0.15, 0.2) is 0 Å². The van der Waals surface area contributed by atoms with Crippen LogP contribution in [0.4, 0.5) is 0 Å². The molecule has 120 valence electrons. The summed E-state index contributed by atoms with van der Waals surface area (Å²) in [5, 5.41) is 20.0. The number of hydrogen-bond acceptors (Lipinski definition) is 6. The van der Waals surface area contributed by atoms with Gasteiger partial charge in [0.05, 0.1) is 26.2 Å². The number of aryl methyl sites for hydroxylation is 1. The van der Waals surface area contributed by atoms with Crippen LogP contribution in [0.5, 0.6) is 0 Å². The fourth-order valence-corrected chi connectivity index (χ4v) is 5.15. The SMILES string of the molecule is Cc1nc2ccc(S(=O)(=O)N3CC[C@H](CO)[C@@H](O)C3)cc2s1. The number of nitrogens with zero attached hydrogens (tertiary/aromatic N) is 2. The lowest BCUT2D eigenvalue weighted by Crippen LogP contribution is -2.47. The Balaban J connectivity index is 1.91. The van der Waals surface area contributed by atoms with Gasteiger partial charge in [-0.25, -0.2) is 13.4 Å². The Labute approximate surface area is 133 Å². The van der Waals surface area contributed by atoms with Crippen molar-refractivity contribution >= 4 is 31.6 Å². The van der Waals surface area contributed by atoms with Gasteiger partial charge < -0.3 is 10.2 Å². The van der Waals surface area contributed by atoms with Gasteiger partial charge in [-0.3, -0.25) is 0 Å². The Kier molecular flexibility index (Phi) is 4.21. The van der Waals surface area contributed by atoms with Crippen molar-refractivity contribution in [1.29, 1.82) is 0 Å². The summed E-state index contributed by atoms with van der Waals surface area (Å²) in [4.78, 5) is 4.54. The van der Waals surface area contributed by atoms with Gasteiger partial charge in [0.25, 0.3) is 0 Å². The largest absolute Gasteiger partial charge is 0.396 e. The Morgan fingerprint density at radius 3 is 2.91 bits per heavy atom. The van der Waals surface area contributed by atoms with E-state index in [1.54, 1.807) is 18.2 Å². The number of fused-ring (bicyclic) bond motifs is 1. The molecular weight excluding hydrogens is 324 g/mol. The Morgan fingerprint density at radius 1 is 1.45 bits per heavy atom. The lowest BCUT2D eigenvalue weighted by molar-refractivity contribution is 0.0222. The molecule has 1 fully saturated rings. The lowest BCUT2D eigenvalue weighted by atomic mass is 9.96. The van der Waals surface area contributed by atoms with Crippen LogP contribution in [0.3, 0.4) is 0 Å². The molecule has 1 aliphatic rings. The molecule has 1 aromatic heterocycles. The van der Waals surface area contributed by atoms with Gasteiger partial charge in [0, 0.05) is 25.6 Å². The molecule has 2 N–H and O–H groups in total. The van der Waals surface area contributed by atoms with E-state index in [2.05, 4.69) is 4.98 Å². The summed E-state index contributed by atoms with van der Waals surface area (Å²) in [6.07, 6.45) is -0.373. The van der Waals surface area contributed by atoms with Crippen LogP contribution in [0.1, 0.15) is 11.4 Å². The minimum Gasteiger partial charge on any atom is -0.396 e. The maximum atomic E-state index is 12.7. The maximum Gasteiger partial charge on any atom is 0.243 e. The molecule has 0 aliphatic carbocycles. The molecule has 1 aromatic carbocycles. The van der Waals surface area contributed by atoms with Gasteiger partial charge in [-0.2, -0.15) is 4.31 Å². The van der Waals surface area contributed by atoms with Crippen molar-refractivity contribution in [1.82, 2.24) is 9.29 Å². The first-order valence-corrected chi connectivity index (χ1v) is 9.34. The summed E-state index contributed by atoms with van der Waals surface area (Å²) < 4.78 is 27.6. The van der Waals surface area contributed by atoms with Crippen molar-refractivity contribution in [3.05, 3.63) is 23.2 Å². The van der Waals surface area contributed by atoms with Crippen molar-refractivity contribution in [3.8, 4) is 0 Å². The van der Waals surface area contributed by atoms with Crippen LogP contribution in [0.2, 0.25) is 0 Å². The fourth-order valence-electron chi connectivity index (χ4n) is 2.71. The van der Waals surface area contributed by atoms with Crippen molar-refractivity contribution in [3.63, 3.8) is 0 Å². The number of benzene rings is 1. The molecule has 0 radical (unpaired) electrons. The zero-order chi connectivity index (χ0) is 15.9. The van der Waals surface area contributed by atoms with E-state index in [4.69, 9.17) is 5.11 Å². The Bertz CT molecular complexity index is 787. The molecule has 0 bridgehead atoms. The second kappa shape index (κ2) is 5.86. The minimum absolute atomic E-state index is 0.0211. The average molecular weight is 342 g/mol. The number of rotatable bonds is 3. The highest BCUT2D eigenvalue weighted by Gasteiger charge is 2.34. The summed E-state index contributed by atoms with van der Waals surface area (Å²) in [6, 6.07) is 4.91. The van der Waals surface area contributed by atoms with E-state index in [1.165, 1.54) is 15.6 Å². The van der Waals surface area contributed by atoms with Gasteiger partial charge in [0.1, 0.15) is 0 Å². The molecule has 1 saturated heterocycles. The van der Waals surface area contributed by atoms with E-state index < -0.39 is 16.1 Å². The number of hydrogen-bond donors (Lipinski definition) is 2. The number of piperidine rings is 1. The summed E-state index contributed by atoms with van der Waals surface area (Å²) in [5.41, 5.74) is 0.792. The molecule has 3 rings (SSSR count). The van der Waals surface area contributed by atoms with Crippen LogP contribution in [0.25, 0.3) is 10.2 Å². The van der Waals surface area contributed by atoms with E-state index in [9.17, 15) is 13.5 Å². The highest BCUT2D eigenvalue weighted by molar-refractivity contribution is 7.89. The number of sulfonamides is 1. The van der Waals surface area contributed by atoms with Crippen molar-refractivity contribution in [2.24, 2.45) is 5.92 Å². The van der Waals surface area contributed by atoms with Gasteiger partial charge in [-0.05, 0) is 31.5 Å². The normalized spacial score (nSPS) is 24.0. The maximum absolute atomic E-state index is 12.7. The molecule has 2 aromatic rings. The molecule has 0 saturated carbocycles. The first-order valence-electron chi connectivity index (χ1n) is 7.08. The first kappa shape index (κ1) is 15.8. The van der Waals surface area contributed by atoms with E-state index in [-0.39, 0.29) is 24.0 Å². The van der Waals surface area contributed by atoms with Crippen LogP contribution < -0.4 is 0 Å². The quantitative estimate of drug-likeness (QED) is 0.867. The van der Waals surface area contributed by atoms with E-state index in [0.717, 1.165) is 15.2 Å². The average Bonchev–Trinajstić information content (AvgIpc) is 2.86. The molecule has 0 amide bonds. The summed E-state index contributed by atoms with van der Waals surface area (Å²) >= 11 is 1.46. The lowest BCUT2D eigenvalue weighted by Gasteiger charge is -2.34. The fraction of sp³-hybridized carbons (Fsp3) is 0.500. The van der Waals surface area contributed by atoms with E-state index in [0.29, 0.717) is 13.0 Å². The van der Waals surface area contributed by atoms with E-state index >= 15 is 0 Å². The third kappa shape index (κ3) is 2.77. The third-order valence-corrected chi connectivity index (χ3v) is 6.82.